The predicted octanol–water partition coefficient (Wildman–Crippen LogP) is 7.34. The number of anilines is 1. The third-order valence-corrected chi connectivity index (χ3v) is 16.6. The van der Waals surface area contributed by atoms with E-state index in [1.165, 1.54) is 4.90 Å². The highest BCUT2D eigenvalue weighted by atomic mass is 32.1. The molecule has 2 aliphatic heterocycles. The van der Waals surface area contributed by atoms with Crippen molar-refractivity contribution in [2.45, 2.75) is 123 Å². The minimum Gasteiger partial charge on any atom is -0.391 e. The van der Waals surface area contributed by atoms with Crippen molar-refractivity contribution in [1.82, 2.24) is 30.8 Å². The number of nitrogens with one attached hydrogen (secondary N) is 4. The molecule has 8 rings (SSSR count). The van der Waals surface area contributed by atoms with E-state index in [0.29, 0.717) is 64.1 Å². The van der Waals surface area contributed by atoms with Gasteiger partial charge in [-0.05, 0) is 72.1 Å². The van der Waals surface area contributed by atoms with Gasteiger partial charge in [0.2, 0.25) is 23.6 Å². The summed E-state index contributed by atoms with van der Waals surface area (Å²) in [7, 11) is 0. The molecule has 0 saturated carbocycles. The molecule has 5 aromatic rings. The number of carbonyl (C=O) groups excluding carboxylic acids is 5. The van der Waals surface area contributed by atoms with Gasteiger partial charge in [0.25, 0.3) is 0 Å². The number of ether oxygens (including phenoxy) is 5. The number of nitrogens with zero attached hydrogens (tertiary/aromatic N) is 4. The Hall–Kier alpha value is -6.57. The molecule has 3 aromatic carbocycles. The Bertz CT molecular complexity index is 3080. The Balaban J connectivity index is 0.629. The molecule has 82 heavy (non-hydrogen) atoms. The maximum atomic E-state index is 14.1. The van der Waals surface area contributed by atoms with Gasteiger partial charge in [-0.25, -0.2) is 9.83 Å². The molecule has 440 valence electrons. The fourth-order valence-electron chi connectivity index (χ4n) is 11.0. The van der Waals surface area contributed by atoms with Gasteiger partial charge in [-0.2, -0.15) is 0 Å². The van der Waals surface area contributed by atoms with Crippen molar-refractivity contribution in [2.24, 2.45) is 5.41 Å². The number of piperidine rings is 1. The highest BCUT2D eigenvalue weighted by molar-refractivity contribution is 7.13. The number of thiazole rings is 1. The number of likely N-dealkylation sites (tertiary alicyclic amines) is 1. The van der Waals surface area contributed by atoms with Crippen molar-refractivity contribution in [2.75, 3.05) is 90.6 Å². The summed E-state index contributed by atoms with van der Waals surface area (Å²) in [5.74, 6) is -1.19. The van der Waals surface area contributed by atoms with E-state index in [4.69, 9.17) is 30.3 Å². The van der Waals surface area contributed by atoms with E-state index in [1.807, 2.05) is 69.6 Å². The van der Waals surface area contributed by atoms with E-state index in [1.54, 1.807) is 17.4 Å². The molecule has 2 fully saturated rings. The molecule has 19 nitrogen and oxygen atoms in total. The quantitative estimate of drug-likeness (QED) is 0.0257. The average Bonchev–Trinajstić information content (AvgIpc) is 2.92. The molecule has 3 aliphatic rings. The Morgan fingerprint density at radius 2 is 1.50 bits per heavy atom. The van der Waals surface area contributed by atoms with Crippen LogP contribution < -0.4 is 20.9 Å². The smallest absolute Gasteiger partial charge is 0.246 e. The SMILES string of the molecule is [C-]#[N+]c1ccc2c3c([nH]c2c1)C(C)(C)c1cc(N2CCC(NC(=O)CCOCCOCCOCCOCCOCCC(=O)N[C@H](C(=O)N4C[C@H](O)C[C@H]4C(=O)NCc4ccc(-c5scnc5C)cc4)C(C)(C)C)CC2)c(CC)cc1C3=O. The number of aromatic nitrogens is 2. The van der Waals surface area contributed by atoms with E-state index in [-0.39, 0.29) is 75.1 Å². The molecule has 3 atom stereocenters. The molecule has 0 radical (unpaired) electrons. The number of hydrogen-bond donors (Lipinski definition) is 5. The van der Waals surface area contributed by atoms with Crippen LogP contribution in [0.25, 0.3) is 26.2 Å². The van der Waals surface area contributed by atoms with E-state index in [9.17, 15) is 29.1 Å². The summed E-state index contributed by atoms with van der Waals surface area (Å²) in [6.45, 7) is 26.4. The van der Waals surface area contributed by atoms with Gasteiger partial charge in [-0.15, -0.1) is 11.3 Å². The lowest BCUT2D eigenvalue weighted by Gasteiger charge is -2.38. The van der Waals surface area contributed by atoms with Crippen LogP contribution >= 0.6 is 11.3 Å². The second kappa shape index (κ2) is 28.1. The molecule has 4 amide bonds. The Morgan fingerprint density at radius 1 is 0.878 bits per heavy atom. The molecule has 2 saturated heterocycles. The van der Waals surface area contributed by atoms with Gasteiger partial charge in [0.15, 0.2) is 11.5 Å². The third kappa shape index (κ3) is 15.2. The normalized spacial score (nSPS) is 17.3. The summed E-state index contributed by atoms with van der Waals surface area (Å²) in [5, 5.41) is 20.4. The number of fused-ring (bicyclic) bond motifs is 4. The largest absolute Gasteiger partial charge is 0.391 e. The highest BCUT2D eigenvalue weighted by Crippen LogP contribution is 2.46. The lowest BCUT2D eigenvalue weighted by Crippen LogP contribution is -2.57. The zero-order valence-corrected chi connectivity index (χ0v) is 49.3. The first-order valence-corrected chi connectivity index (χ1v) is 29.5. The van der Waals surface area contributed by atoms with Gasteiger partial charge in [0.1, 0.15) is 12.1 Å². The number of β-amino-alcohol motifs (C(OH)–C–C–N with tert-alkyl or cyclic N) is 1. The number of aryl methyl sites for hydroxylation is 2. The van der Waals surface area contributed by atoms with Crippen LogP contribution in [0.4, 0.5) is 11.4 Å². The first-order valence-electron chi connectivity index (χ1n) is 28.6. The summed E-state index contributed by atoms with van der Waals surface area (Å²) in [6.07, 6.45) is 1.91. The summed E-state index contributed by atoms with van der Waals surface area (Å²) in [6, 6.07) is 15.9. The predicted molar refractivity (Wildman–Crippen MR) is 314 cm³/mol. The summed E-state index contributed by atoms with van der Waals surface area (Å²) in [5.41, 5.74) is 10.5. The molecule has 2 aromatic heterocycles. The Labute approximate surface area is 485 Å². The Morgan fingerprint density at radius 3 is 2.09 bits per heavy atom. The number of benzene rings is 3. The van der Waals surface area contributed by atoms with Crippen LogP contribution in [0.3, 0.4) is 0 Å². The van der Waals surface area contributed by atoms with Crippen LogP contribution in [0.2, 0.25) is 0 Å². The first-order chi connectivity index (χ1) is 39.4. The minimum atomic E-state index is -0.937. The van der Waals surface area contributed by atoms with Crippen molar-refractivity contribution in [3.63, 3.8) is 0 Å². The topological polar surface area (TPSA) is 227 Å². The second-order valence-electron chi connectivity index (χ2n) is 22.9. The number of aromatic amines is 1. The van der Waals surface area contributed by atoms with Crippen LogP contribution in [0.15, 0.2) is 60.1 Å². The maximum Gasteiger partial charge on any atom is 0.246 e. The van der Waals surface area contributed by atoms with E-state index >= 15 is 0 Å². The van der Waals surface area contributed by atoms with E-state index < -0.39 is 34.9 Å². The molecular formula is C62H80N8O11S. The van der Waals surface area contributed by atoms with Crippen molar-refractivity contribution >= 4 is 63.0 Å². The van der Waals surface area contributed by atoms with Crippen LogP contribution in [-0.4, -0.2) is 159 Å². The molecule has 20 heteroatoms. The van der Waals surface area contributed by atoms with Crippen LogP contribution in [0, 0.1) is 18.9 Å². The lowest BCUT2D eigenvalue weighted by molar-refractivity contribution is -0.144. The first kappa shape index (κ1) is 61.5. The molecule has 0 bridgehead atoms. The zero-order valence-electron chi connectivity index (χ0n) is 48.5. The number of hydrogen-bond acceptors (Lipinski definition) is 14. The highest BCUT2D eigenvalue weighted by Gasteiger charge is 2.45. The van der Waals surface area contributed by atoms with Gasteiger partial charge in [-0.3, -0.25) is 24.0 Å². The molecule has 0 unspecified atom stereocenters. The number of amides is 4. The number of ketones is 1. The number of rotatable bonds is 27. The molecular weight excluding hydrogens is 1060 g/mol. The number of carbonyl (C=O) groups is 5. The summed E-state index contributed by atoms with van der Waals surface area (Å²) in [4.78, 5) is 83.7. The van der Waals surface area contributed by atoms with Crippen molar-refractivity contribution < 1.29 is 52.8 Å². The monoisotopic (exact) mass is 1140 g/mol. The second-order valence-corrected chi connectivity index (χ2v) is 23.7. The van der Waals surface area contributed by atoms with E-state index in [2.05, 4.69) is 68.6 Å². The summed E-state index contributed by atoms with van der Waals surface area (Å²) < 4.78 is 28.1. The number of aliphatic hydroxyl groups is 1. The lowest BCUT2D eigenvalue weighted by atomic mass is 9.70. The zero-order chi connectivity index (χ0) is 58.6. The molecule has 4 heterocycles. The summed E-state index contributed by atoms with van der Waals surface area (Å²) >= 11 is 1.57. The van der Waals surface area contributed by atoms with Crippen molar-refractivity contribution in [3.8, 4) is 10.4 Å². The van der Waals surface area contributed by atoms with Gasteiger partial charge >= 0.3 is 0 Å². The van der Waals surface area contributed by atoms with Gasteiger partial charge in [0.05, 0.1) is 100 Å². The molecule has 5 N–H and O–H groups in total. The fourth-order valence-corrected chi connectivity index (χ4v) is 11.8. The third-order valence-electron chi connectivity index (χ3n) is 15.6. The van der Waals surface area contributed by atoms with Crippen LogP contribution in [0.1, 0.15) is 118 Å². The fraction of sp³-hybridized carbons (Fsp3) is 0.532. The van der Waals surface area contributed by atoms with Crippen molar-refractivity contribution in [3.05, 3.63) is 111 Å². The van der Waals surface area contributed by atoms with E-state index in [0.717, 1.165) is 93.0 Å². The number of aliphatic hydroxyl groups excluding tert-OH is 1. The average molecular weight is 1150 g/mol. The number of H-pyrrole nitrogens is 1. The molecule has 0 spiro atoms. The molecule has 1 aliphatic carbocycles. The van der Waals surface area contributed by atoms with Gasteiger partial charge in [0, 0.05) is 84.7 Å². The minimum absolute atomic E-state index is 0.0107. The maximum absolute atomic E-state index is 14.1. The van der Waals surface area contributed by atoms with Gasteiger partial charge < -0.3 is 59.5 Å². The van der Waals surface area contributed by atoms with Crippen LogP contribution in [-0.2, 0) is 61.2 Å². The Kier molecular flexibility index (Phi) is 21.1. The van der Waals surface area contributed by atoms with Crippen LogP contribution in [0.5, 0.6) is 0 Å². The standard InChI is InChI=1S/C62H80N8O11S/c1-9-41-32-47-48(62(6,7)57-54(55(47)74)46-15-14-44(63-8)33-49(46)67-57)35-50(41)69-20-16-43(17-21-69)66-52(72)18-22-77-24-26-79-28-30-81-31-29-80-27-25-78-23-19-53(73)68-58(61(3,4)5)60(76)70-37-45(71)34-51(70)59(75)64-36-40-10-12-42(13-11-40)56-39(2)65-38-82-56/h10-15,32-33,35,38,43,45,51,58,67,71H,9,16-31,34,36-37H2,1-7H3,(H,64,75)(H,66,72)(H,68,73)/t45-,51+,58-/m1/s1. The van der Waals surface area contributed by atoms with Gasteiger partial charge in [-0.1, -0.05) is 77.9 Å². The van der Waals surface area contributed by atoms with Crippen molar-refractivity contribution in [1.29, 1.82) is 0 Å².